The van der Waals surface area contributed by atoms with Gasteiger partial charge in [-0.25, -0.2) is 12.8 Å². The molecule has 0 aliphatic carbocycles. The van der Waals surface area contributed by atoms with E-state index >= 15 is 0 Å². The molecule has 0 fully saturated rings. The summed E-state index contributed by atoms with van der Waals surface area (Å²) < 4.78 is 36.5. The predicted octanol–water partition coefficient (Wildman–Crippen LogP) is 2.04. The highest BCUT2D eigenvalue weighted by Gasteiger charge is 2.23. The Labute approximate surface area is 125 Å². The minimum absolute atomic E-state index is 0.0494. The zero-order valence-corrected chi connectivity index (χ0v) is 13.5. The summed E-state index contributed by atoms with van der Waals surface area (Å²) >= 11 is 0. The number of hydrogen-bond acceptors (Lipinski definition) is 3. The maximum atomic E-state index is 13.1. The van der Waals surface area contributed by atoms with E-state index in [9.17, 15) is 17.6 Å². The van der Waals surface area contributed by atoms with Crippen LogP contribution in [0.15, 0.2) is 24.3 Å². The Kier molecular flexibility index (Phi) is 6.33. The predicted molar refractivity (Wildman–Crippen MR) is 81.3 cm³/mol. The summed E-state index contributed by atoms with van der Waals surface area (Å²) in [6.45, 7) is 5.54. The van der Waals surface area contributed by atoms with Crippen molar-refractivity contribution in [2.45, 2.75) is 33.2 Å². The van der Waals surface area contributed by atoms with Gasteiger partial charge in [-0.1, -0.05) is 19.1 Å². The topological polar surface area (TPSA) is 54.5 Å². The van der Waals surface area contributed by atoms with E-state index in [4.69, 9.17) is 0 Å². The fourth-order valence-corrected chi connectivity index (χ4v) is 3.38. The molecule has 118 valence electrons. The molecule has 0 aliphatic heterocycles. The highest BCUT2D eigenvalue weighted by molar-refractivity contribution is 7.91. The van der Waals surface area contributed by atoms with Gasteiger partial charge in [0, 0.05) is 18.3 Å². The zero-order valence-electron chi connectivity index (χ0n) is 12.7. The first kappa shape index (κ1) is 17.6. The van der Waals surface area contributed by atoms with E-state index in [1.165, 1.54) is 17.0 Å². The Bertz CT molecular complexity index is 586. The van der Waals surface area contributed by atoms with Gasteiger partial charge in [-0.3, -0.25) is 4.79 Å². The second kappa shape index (κ2) is 7.54. The van der Waals surface area contributed by atoms with E-state index in [1.54, 1.807) is 32.9 Å². The average Bonchev–Trinajstić information content (AvgIpc) is 2.38. The molecule has 0 heterocycles. The van der Waals surface area contributed by atoms with Crippen molar-refractivity contribution in [2.75, 3.05) is 18.1 Å². The van der Waals surface area contributed by atoms with Crippen molar-refractivity contribution in [3.05, 3.63) is 35.6 Å². The van der Waals surface area contributed by atoms with E-state index < -0.39 is 9.84 Å². The summed E-state index contributed by atoms with van der Waals surface area (Å²) in [7, 11) is -3.14. The lowest BCUT2D eigenvalue weighted by Crippen LogP contribution is -2.43. The van der Waals surface area contributed by atoms with Crippen LogP contribution in [0.5, 0.6) is 0 Å². The summed E-state index contributed by atoms with van der Waals surface area (Å²) in [6.07, 6.45) is 0.0715. The molecule has 0 radical (unpaired) electrons. The summed E-state index contributed by atoms with van der Waals surface area (Å²) in [5, 5.41) is 0. The Hall–Kier alpha value is -1.43. The maximum absolute atomic E-state index is 13.1. The Morgan fingerprint density at radius 2 is 2.00 bits per heavy atom. The van der Waals surface area contributed by atoms with Gasteiger partial charge in [0.25, 0.3) is 0 Å². The molecule has 0 bridgehead atoms. The summed E-state index contributed by atoms with van der Waals surface area (Å²) in [5.74, 6) is -0.564. The Morgan fingerprint density at radius 3 is 2.52 bits per heavy atom. The van der Waals surface area contributed by atoms with Crippen LogP contribution < -0.4 is 0 Å². The van der Waals surface area contributed by atoms with Gasteiger partial charge in [0.1, 0.15) is 5.82 Å². The maximum Gasteiger partial charge on any atom is 0.227 e. The number of amides is 1. The fraction of sp³-hybridized carbons (Fsp3) is 0.533. The van der Waals surface area contributed by atoms with Crippen molar-refractivity contribution in [3.63, 3.8) is 0 Å². The van der Waals surface area contributed by atoms with E-state index in [-0.39, 0.29) is 35.7 Å². The number of nitrogens with zero attached hydrogens (tertiary/aromatic N) is 1. The molecule has 0 unspecified atom stereocenters. The number of rotatable bonds is 7. The lowest BCUT2D eigenvalue weighted by atomic mass is 10.1. The zero-order chi connectivity index (χ0) is 16.0. The van der Waals surface area contributed by atoms with Gasteiger partial charge in [0.2, 0.25) is 5.91 Å². The van der Waals surface area contributed by atoms with Crippen LogP contribution in [0.1, 0.15) is 26.3 Å². The molecule has 1 atom stereocenters. The molecule has 1 aromatic carbocycles. The van der Waals surface area contributed by atoms with Crippen molar-refractivity contribution in [2.24, 2.45) is 0 Å². The monoisotopic (exact) mass is 315 g/mol. The minimum Gasteiger partial charge on any atom is -0.339 e. The molecule has 0 saturated carbocycles. The Morgan fingerprint density at radius 1 is 1.33 bits per heavy atom. The molecule has 1 amide bonds. The van der Waals surface area contributed by atoms with Gasteiger partial charge >= 0.3 is 0 Å². The smallest absolute Gasteiger partial charge is 0.227 e. The number of benzene rings is 1. The number of sulfone groups is 1. The molecule has 0 spiro atoms. The first-order chi connectivity index (χ1) is 9.79. The van der Waals surface area contributed by atoms with Crippen LogP contribution in [0.3, 0.4) is 0 Å². The first-order valence-electron chi connectivity index (χ1n) is 7.03. The van der Waals surface area contributed by atoms with Crippen molar-refractivity contribution in [1.29, 1.82) is 0 Å². The molecule has 4 nitrogen and oxygen atoms in total. The fourth-order valence-electron chi connectivity index (χ4n) is 2.23. The lowest BCUT2D eigenvalue weighted by Gasteiger charge is -2.28. The summed E-state index contributed by atoms with van der Waals surface area (Å²) in [4.78, 5) is 13.8. The van der Waals surface area contributed by atoms with Crippen molar-refractivity contribution < 1.29 is 17.6 Å². The van der Waals surface area contributed by atoms with Crippen LogP contribution in [0, 0.1) is 5.82 Å². The quantitative estimate of drug-likeness (QED) is 0.774. The SMILES string of the molecule is CCN(C(=O)Cc1cccc(F)c1)[C@H](C)CS(=O)(=O)CC. The molecular formula is C15H22FNO3S. The highest BCUT2D eigenvalue weighted by atomic mass is 32.2. The molecule has 1 aromatic rings. The molecule has 0 aliphatic rings. The molecule has 6 heteroatoms. The number of halogens is 1. The molecule has 21 heavy (non-hydrogen) atoms. The van der Waals surface area contributed by atoms with Crippen molar-refractivity contribution >= 4 is 15.7 Å². The van der Waals surface area contributed by atoms with Gasteiger partial charge in [-0.2, -0.15) is 0 Å². The molecule has 1 rings (SSSR count). The van der Waals surface area contributed by atoms with E-state index in [0.29, 0.717) is 12.1 Å². The van der Waals surface area contributed by atoms with Gasteiger partial charge < -0.3 is 4.90 Å². The Balaban J connectivity index is 2.77. The minimum atomic E-state index is -3.14. The van der Waals surface area contributed by atoms with Gasteiger partial charge in [-0.15, -0.1) is 0 Å². The van der Waals surface area contributed by atoms with Crippen LogP contribution in [-0.4, -0.2) is 43.3 Å². The van der Waals surface area contributed by atoms with E-state index in [2.05, 4.69) is 0 Å². The average molecular weight is 315 g/mol. The lowest BCUT2D eigenvalue weighted by molar-refractivity contribution is -0.131. The summed E-state index contributed by atoms with van der Waals surface area (Å²) in [6, 6.07) is 5.49. The van der Waals surface area contributed by atoms with Crippen LogP contribution in [0.25, 0.3) is 0 Å². The molecule has 0 N–H and O–H groups in total. The third kappa shape index (κ3) is 5.46. The second-order valence-corrected chi connectivity index (χ2v) is 7.43. The number of likely N-dealkylation sites (N-methyl/N-ethyl adjacent to an activating group) is 1. The summed E-state index contributed by atoms with van der Waals surface area (Å²) in [5.41, 5.74) is 0.587. The molecule has 0 aromatic heterocycles. The third-order valence-corrected chi connectivity index (χ3v) is 5.24. The molecule has 0 saturated heterocycles. The number of carbonyl (C=O) groups excluding carboxylic acids is 1. The first-order valence-corrected chi connectivity index (χ1v) is 8.85. The highest BCUT2D eigenvalue weighted by Crippen LogP contribution is 2.10. The van der Waals surface area contributed by atoms with Gasteiger partial charge in [-0.05, 0) is 31.5 Å². The standard InChI is InChI=1S/C15H22FNO3S/c1-4-17(12(3)11-21(19,20)5-2)15(18)10-13-7-6-8-14(16)9-13/h6-9,12H,4-5,10-11H2,1-3H3/t12-/m1/s1. The van der Waals surface area contributed by atoms with E-state index in [1.807, 2.05) is 0 Å². The number of carbonyl (C=O) groups is 1. The van der Waals surface area contributed by atoms with Crippen LogP contribution >= 0.6 is 0 Å². The van der Waals surface area contributed by atoms with Crippen molar-refractivity contribution in [3.8, 4) is 0 Å². The largest absolute Gasteiger partial charge is 0.339 e. The van der Waals surface area contributed by atoms with Crippen LogP contribution in [-0.2, 0) is 21.1 Å². The van der Waals surface area contributed by atoms with Gasteiger partial charge in [0.15, 0.2) is 9.84 Å². The van der Waals surface area contributed by atoms with Crippen molar-refractivity contribution in [1.82, 2.24) is 4.90 Å². The van der Waals surface area contributed by atoms with Crippen LogP contribution in [0.4, 0.5) is 4.39 Å². The van der Waals surface area contributed by atoms with Crippen LogP contribution in [0.2, 0.25) is 0 Å². The number of hydrogen-bond donors (Lipinski definition) is 0. The molecular weight excluding hydrogens is 293 g/mol. The normalized spacial score (nSPS) is 13.0. The van der Waals surface area contributed by atoms with E-state index in [0.717, 1.165) is 0 Å². The van der Waals surface area contributed by atoms with Gasteiger partial charge in [0.05, 0.1) is 12.2 Å². The third-order valence-electron chi connectivity index (χ3n) is 3.37. The second-order valence-electron chi connectivity index (χ2n) is 5.03.